The molecule has 0 unspecified atom stereocenters. The summed E-state index contributed by atoms with van der Waals surface area (Å²) in [6.07, 6.45) is -5.17. The van der Waals surface area contributed by atoms with Gasteiger partial charge in [0.15, 0.2) is 5.84 Å². The van der Waals surface area contributed by atoms with Crippen molar-refractivity contribution in [3.8, 4) is 11.1 Å². The lowest BCUT2D eigenvalue weighted by Gasteiger charge is -2.19. The number of para-hydroxylation sites is 1. The molecule has 1 heterocycles. The number of rotatable bonds is 4. The number of aromatic carboxylic acids is 1. The summed E-state index contributed by atoms with van der Waals surface area (Å²) < 4.78 is 65.4. The standard InChI is InChI=1S/C18H14F3N7O4S/c19-18(20,21)10-5-4-7(13(16(23)27-28-24)15(10)33(25,31)32)9-6-12(17(29)30)26-14-8(9)2-1-3-11(14)22/h1-6H,22H2,(H,29,30)(H3,23,24,27)(H2,25,31,32). The van der Waals surface area contributed by atoms with E-state index in [1.807, 2.05) is 0 Å². The van der Waals surface area contributed by atoms with Crippen molar-refractivity contribution in [1.29, 1.82) is 5.41 Å². The Morgan fingerprint density at radius 2 is 1.82 bits per heavy atom. The number of nitrogens with zero attached hydrogens (tertiary/aromatic N) is 3. The molecule has 0 aliphatic carbocycles. The maximum Gasteiger partial charge on any atom is 0.417 e. The number of hydrogen-bond acceptors (Lipinski definition) is 7. The van der Waals surface area contributed by atoms with Crippen molar-refractivity contribution < 1.29 is 31.5 Å². The first-order chi connectivity index (χ1) is 15.3. The lowest BCUT2D eigenvalue weighted by atomic mass is 9.93. The van der Waals surface area contributed by atoms with Gasteiger partial charge in [-0.25, -0.2) is 23.3 Å². The average molecular weight is 481 g/mol. The van der Waals surface area contributed by atoms with Gasteiger partial charge in [0.1, 0.15) is 10.6 Å². The number of fused-ring (bicyclic) bond motifs is 1. The number of nitrogens with one attached hydrogen (secondary N) is 1. The second kappa shape index (κ2) is 8.10. The average Bonchev–Trinajstić information content (AvgIpc) is 2.71. The molecule has 172 valence electrons. The quantitative estimate of drug-likeness (QED) is 0.0937. The number of carboxylic acids is 1. The van der Waals surface area contributed by atoms with Crippen LogP contribution >= 0.6 is 0 Å². The highest BCUT2D eigenvalue weighted by atomic mass is 32.2. The Bertz CT molecular complexity index is 1450. The predicted molar refractivity (Wildman–Crippen MR) is 111 cm³/mol. The summed E-state index contributed by atoms with van der Waals surface area (Å²) >= 11 is 0. The first-order valence-corrected chi connectivity index (χ1v) is 10.2. The van der Waals surface area contributed by atoms with Gasteiger partial charge in [0.05, 0.1) is 16.8 Å². The molecule has 3 rings (SSSR count). The highest BCUT2D eigenvalue weighted by Gasteiger charge is 2.40. The topological polar surface area (TPSA) is 211 Å². The monoisotopic (exact) mass is 481 g/mol. The van der Waals surface area contributed by atoms with E-state index >= 15 is 0 Å². The number of nitrogens with two attached hydrogens (primary N) is 3. The van der Waals surface area contributed by atoms with Crippen LogP contribution < -0.4 is 16.7 Å². The van der Waals surface area contributed by atoms with Crippen LogP contribution in [0.1, 0.15) is 21.6 Å². The van der Waals surface area contributed by atoms with E-state index in [-0.39, 0.29) is 27.7 Å². The van der Waals surface area contributed by atoms with Crippen LogP contribution in [0.4, 0.5) is 18.9 Å². The molecule has 0 atom stereocenters. The summed E-state index contributed by atoms with van der Waals surface area (Å²) in [5.41, 5.74) is 2.45. The van der Waals surface area contributed by atoms with E-state index < -0.39 is 49.7 Å². The molecule has 3 aromatic rings. The fraction of sp³-hybridized carbons (Fsp3) is 0.0556. The summed E-state index contributed by atoms with van der Waals surface area (Å²) in [6, 6.07) is 6.63. The van der Waals surface area contributed by atoms with Gasteiger partial charge >= 0.3 is 12.1 Å². The number of hydrogen-bond donors (Lipinski definition) is 5. The molecule has 0 spiro atoms. The minimum absolute atomic E-state index is 0.0117. The van der Waals surface area contributed by atoms with Gasteiger partial charge in [-0.05, 0) is 29.3 Å². The molecule has 0 saturated carbocycles. The van der Waals surface area contributed by atoms with Crippen LogP contribution in [0.25, 0.3) is 22.0 Å². The highest BCUT2D eigenvalue weighted by Crippen LogP contribution is 2.41. The number of carboxylic acid groups (broad SMARTS) is 1. The van der Waals surface area contributed by atoms with E-state index in [2.05, 4.69) is 15.3 Å². The van der Waals surface area contributed by atoms with Crippen LogP contribution in [0.2, 0.25) is 0 Å². The van der Waals surface area contributed by atoms with Crippen molar-refractivity contribution in [3.05, 3.63) is 53.2 Å². The predicted octanol–water partition coefficient (Wildman–Crippen LogP) is 2.50. The largest absolute Gasteiger partial charge is 0.477 e. The number of benzene rings is 2. The first-order valence-electron chi connectivity index (χ1n) is 8.67. The van der Waals surface area contributed by atoms with Gasteiger partial charge in [0.2, 0.25) is 10.0 Å². The minimum atomic E-state index is -5.17. The molecule has 1 aromatic heterocycles. The van der Waals surface area contributed by atoms with E-state index in [0.29, 0.717) is 6.07 Å². The van der Waals surface area contributed by atoms with Gasteiger partial charge in [-0.1, -0.05) is 23.4 Å². The molecule has 33 heavy (non-hydrogen) atoms. The van der Waals surface area contributed by atoms with Crippen molar-refractivity contribution in [1.82, 2.24) is 4.98 Å². The molecular weight excluding hydrogens is 467 g/mol. The van der Waals surface area contributed by atoms with Gasteiger partial charge in [0.25, 0.3) is 0 Å². The number of pyridine rings is 1. The maximum atomic E-state index is 13.6. The number of primary sulfonamides is 1. The number of alkyl halides is 3. The van der Waals surface area contributed by atoms with E-state index in [1.54, 1.807) is 0 Å². The van der Waals surface area contributed by atoms with Crippen LogP contribution in [0.15, 0.2) is 51.6 Å². The van der Waals surface area contributed by atoms with Crippen LogP contribution in [0.5, 0.6) is 0 Å². The third-order valence-electron chi connectivity index (χ3n) is 4.52. The van der Waals surface area contributed by atoms with Crippen molar-refractivity contribution in [2.24, 2.45) is 21.3 Å². The van der Waals surface area contributed by atoms with Crippen molar-refractivity contribution in [2.45, 2.75) is 11.1 Å². The van der Waals surface area contributed by atoms with Crippen LogP contribution in [-0.4, -0.2) is 30.3 Å². The third kappa shape index (κ3) is 4.31. The third-order valence-corrected chi connectivity index (χ3v) is 5.52. The number of sulfonamides is 1. The van der Waals surface area contributed by atoms with Crippen molar-refractivity contribution in [2.75, 3.05) is 5.73 Å². The molecule has 8 N–H and O–H groups in total. The Balaban J connectivity index is 2.62. The summed E-state index contributed by atoms with van der Waals surface area (Å²) in [4.78, 5) is 14.1. The number of amidine groups is 1. The van der Waals surface area contributed by atoms with Crippen LogP contribution in [-0.2, 0) is 16.2 Å². The molecule has 11 nitrogen and oxygen atoms in total. The SMILES string of the molecule is N=C(N=NN)c1c(-c2cc(C(=O)O)nc3c(N)cccc23)ccc(C(F)(F)F)c1S(N)(=O)=O. The molecule has 0 aliphatic rings. The number of carbonyl (C=O) groups is 1. The zero-order valence-corrected chi connectivity index (χ0v) is 17.1. The molecule has 0 fully saturated rings. The van der Waals surface area contributed by atoms with Crippen LogP contribution in [0, 0.1) is 5.41 Å². The Hall–Kier alpha value is -4.11. The summed E-state index contributed by atoms with van der Waals surface area (Å²) in [6.45, 7) is 0. The van der Waals surface area contributed by atoms with Crippen molar-refractivity contribution in [3.63, 3.8) is 0 Å². The Kier molecular flexibility index (Phi) is 5.78. The Labute approximate surface area is 183 Å². The number of aromatic nitrogens is 1. The molecular formula is C18H14F3N7O4S. The lowest BCUT2D eigenvalue weighted by molar-refractivity contribution is -0.139. The van der Waals surface area contributed by atoms with E-state index in [4.69, 9.17) is 22.1 Å². The maximum absolute atomic E-state index is 13.6. The van der Waals surface area contributed by atoms with Gasteiger partial charge < -0.3 is 16.7 Å². The summed E-state index contributed by atoms with van der Waals surface area (Å²) in [5, 5.41) is 28.8. The van der Waals surface area contributed by atoms with E-state index in [9.17, 15) is 31.5 Å². The fourth-order valence-electron chi connectivity index (χ4n) is 3.27. The van der Waals surface area contributed by atoms with Gasteiger partial charge in [-0.3, -0.25) is 5.41 Å². The van der Waals surface area contributed by atoms with Gasteiger partial charge in [0, 0.05) is 10.9 Å². The second-order valence-corrected chi connectivity index (χ2v) is 8.07. The number of halogens is 3. The lowest BCUT2D eigenvalue weighted by Crippen LogP contribution is -2.23. The van der Waals surface area contributed by atoms with E-state index in [0.717, 1.165) is 12.1 Å². The second-order valence-electron chi connectivity index (χ2n) is 6.58. The molecule has 0 aliphatic heterocycles. The molecule has 0 amide bonds. The molecule has 0 saturated heterocycles. The highest BCUT2D eigenvalue weighted by molar-refractivity contribution is 7.89. The molecule has 15 heteroatoms. The zero-order chi connectivity index (χ0) is 24.7. The van der Waals surface area contributed by atoms with Crippen LogP contribution in [0.3, 0.4) is 0 Å². The smallest absolute Gasteiger partial charge is 0.417 e. The van der Waals surface area contributed by atoms with Crippen molar-refractivity contribution >= 4 is 38.4 Å². The molecule has 0 bridgehead atoms. The summed E-state index contributed by atoms with van der Waals surface area (Å²) in [5.74, 6) is 2.37. The van der Waals surface area contributed by atoms with E-state index in [1.165, 1.54) is 18.2 Å². The Morgan fingerprint density at radius 3 is 2.36 bits per heavy atom. The summed E-state index contributed by atoms with van der Waals surface area (Å²) in [7, 11) is -5.09. The molecule has 0 radical (unpaired) electrons. The van der Waals surface area contributed by atoms with Gasteiger partial charge in [-0.15, -0.1) is 5.11 Å². The minimum Gasteiger partial charge on any atom is -0.477 e. The normalized spacial score (nSPS) is 12.4. The Morgan fingerprint density at radius 1 is 1.15 bits per heavy atom. The number of nitrogen functional groups attached to an aromatic ring is 1. The molecule has 2 aromatic carbocycles. The zero-order valence-electron chi connectivity index (χ0n) is 16.3. The number of anilines is 1. The van der Waals surface area contributed by atoms with Gasteiger partial charge in [-0.2, -0.15) is 13.2 Å². The fourth-order valence-corrected chi connectivity index (χ4v) is 4.25. The first kappa shape index (κ1) is 23.6.